The number of anilines is 2. The number of para-hydroxylation sites is 2. The lowest BCUT2D eigenvalue weighted by Gasteiger charge is -2.36. The minimum absolute atomic E-state index is 0.134. The third-order valence-corrected chi connectivity index (χ3v) is 5.05. The highest BCUT2D eigenvalue weighted by Crippen LogP contribution is 2.29. The quantitative estimate of drug-likeness (QED) is 0.935. The predicted octanol–water partition coefficient (Wildman–Crippen LogP) is 2.63. The van der Waals surface area contributed by atoms with E-state index in [0.29, 0.717) is 0 Å². The van der Waals surface area contributed by atoms with Crippen molar-refractivity contribution >= 4 is 17.3 Å². The van der Waals surface area contributed by atoms with Gasteiger partial charge < -0.3 is 19.9 Å². The second kappa shape index (κ2) is 6.67. The van der Waals surface area contributed by atoms with Crippen LogP contribution in [0.4, 0.5) is 11.4 Å². The Balaban J connectivity index is 1.44. The summed E-state index contributed by atoms with van der Waals surface area (Å²) in [5.41, 5.74) is 4.31. The Morgan fingerprint density at radius 1 is 1.08 bits per heavy atom. The first-order valence-corrected chi connectivity index (χ1v) is 8.80. The number of hydrogen-bond donors (Lipinski definition) is 1. The van der Waals surface area contributed by atoms with Gasteiger partial charge in [-0.2, -0.15) is 0 Å². The summed E-state index contributed by atoms with van der Waals surface area (Å²) in [4.78, 5) is 17.1. The maximum atomic E-state index is 12.8. The van der Waals surface area contributed by atoms with Crippen molar-refractivity contribution in [3.63, 3.8) is 0 Å². The number of rotatable bonds is 3. The summed E-state index contributed by atoms with van der Waals surface area (Å²) in [6.45, 7) is 4.06. The molecule has 1 fully saturated rings. The maximum Gasteiger partial charge on any atom is 0.253 e. The second-order valence-corrected chi connectivity index (χ2v) is 6.50. The number of carbonyl (C=O) groups excluding carboxylic acids is 1. The van der Waals surface area contributed by atoms with Gasteiger partial charge in [-0.05, 0) is 42.3 Å². The number of piperazine rings is 1. The fourth-order valence-electron chi connectivity index (χ4n) is 3.66. The first kappa shape index (κ1) is 15.8. The van der Waals surface area contributed by atoms with E-state index in [1.807, 2.05) is 41.3 Å². The molecule has 0 aromatic heterocycles. The van der Waals surface area contributed by atoms with Gasteiger partial charge in [-0.15, -0.1) is 0 Å². The van der Waals surface area contributed by atoms with E-state index >= 15 is 0 Å². The number of fused-ring (bicyclic) bond motifs is 1. The van der Waals surface area contributed by atoms with Crippen LogP contribution in [0.3, 0.4) is 0 Å². The van der Waals surface area contributed by atoms with Crippen molar-refractivity contribution in [3.05, 3.63) is 53.6 Å². The van der Waals surface area contributed by atoms with Crippen molar-refractivity contribution in [2.24, 2.45) is 0 Å². The number of nitrogens with zero attached hydrogens (tertiary/aromatic N) is 2. The van der Waals surface area contributed by atoms with E-state index in [0.717, 1.165) is 61.8 Å². The molecule has 2 aromatic carbocycles. The molecule has 1 amide bonds. The van der Waals surface area contributed by atoms with Crippen LogP contribution in [0.15, 0.2) is 42.5 Å². The minimum atomic E-state index is 0.134. The minimum Gasteiger partial charge on any atom is -0.495 e. The van der Waals surface area contributed by atoms with Crippen molar-refractivity contribution in [1.82, 2.24) is 4.90 Å². The third-order valence-electron chi connectivity index (χ3n) is 5.05. The first-order valence-electron chi connectivity index (χ1n) is 8.80. The number of ether oxygens (including phenoxy) is 1. The van der Waals surface area contributed by atoms with Crippen LogP contribution in [0.5, 0.6) is 5.75 Å². The van der Waals surface area contributed by atoms with Gasteiger partial charge in [0, 0.05) is 44.0 Å². The summed E-state index contributed by atoms with van der Waals surface area (Å²) in [6, 6.07) is 14.1. The van der Waals surface area contributed by atoms with Crippen LogP contribution in [-0.2, 0) is 6.42 Å². The largest absolute Gasteiger partial charge is 0.495 e. The Kier molecular flexibility index (Phi) is 4.22. The van der Waals surface area contributed by atoms with Crippen molar-refractivity contribution in [2.45, 2.75) is 6.42 Å². The molecule has 0 atom stereocenters. The number of benzene rings is 2. The van der Waals surface area contributed by atoms with Gasteiger partial charge in [0.15, 0.2) is 0 Å². The molecule has 2 heterocycles. The molecule has 2 aliphatic heterocycles. The van der Waals surface area contributed by atoms with E-state index in [1.54, 1.807) is 7.11 Å². The summed E-state index contributed by atoms with van der Waals surface area (Å²) in [7, 11) is 1.70. The van der Waals surface area contributed by atoms with E-state index in [2.05, 4.69) is 16.3 Å². The van der Waals surface area contributed by atoms with Crippen LogP contribution < -0.4 is 15.0 Å². The Labute approximate surface area is 148 Å². The van der Waals surface area contributed by atoms with Crippen LogP contribution in [0.1, 0.15) is 15.9 Å². The highest BCUT2D eigenvalue weighted by atomic mass is 16.5. The second-order valence-electron chi connectivity index (χ2n) is 6.50. The molecule has 0 bridgehead atoms. The van der Waals surface area contributed by atoms with Crippen molar-refractivity contribution in [2.75, 3.05) is 50.1 Å². The SMILES string of the molecule is COc1ccccc1N1CCN(C(=O)c2ccc3c(c2)CCN3)CC1. The van der Waals surface area contributed by atoms with Gasteiger partial charge in [0.1, 0.15) is 5.75 Å². The maximum absolute atomic E-state index is 12.8. The molecule has 0 saturated carbocycles. The van der Waals surface area contributed by atoms with Gasteiger partial charge >= 0.3 is 0 Å². The lowest BCUT2D eigenvalue weighted by molar-refractivity contribution is 0.0746. The van der Waals surface area contributed by atoms with Crippen LogP contribution in [0.2, 0.25) is 0 Å². The number of carbonyl (C=O) groups is 1. The average Bonchev–Trinajstić information content (AvgIpc) is 3.15. The zero-order valence-corrected chi connectivity index (χ0v) is 14.5. The molecule has 4 rings (SSSR count). The number of methoxy groups -OCH3 is 1. The molecule has 0 unspecified atom stereocenters. The van der Waals surface area contributed by atoms with Crippen molar-refractivity contribution < 1.29 is 9.53 Å². The highest BCUT2D eigenvalue weighted by Gasteiger charge is 2.24. The van der Waals surface area contributed by atoms with Gasteiger partial charge in [-0.1, -0.05) is 12.1 Å². The lowest BCUT2D eigenvalue weighted by atomic mass is 10.1. The molecule has 2 aliphatic rings. The van der Waals surface area contributed by atoms with E-state index in [-0.39, 0.29) is 5.91 Å². The molecule has 0 spiro atoms. The summed E-state index contributed by atoms with van der Waals surface area (Å²) in [5, 5.41) is 3.34. The summed E-state index contributed by atoms with van der Waals surface area (Å²) in [5.74, 6) is 1.02. The Bertz CT molecular complexity index is 782. The normalized spacial score (nSPS) is 16.4. The average molecular weight is 337 g/mol. The smallest absolute Gasteiger partial charge is 0.253 e. The zero-order valence-electron chi connectivity index (χ0n) is 14.5. The van der Waals surface area contributed by atoms with E-state index in [9.17, 15) is 4.79 Å². The molecule has 5 nitrogen and oxygen atoms in total. The van der Waals surface area contributed by atoms with Gasteiger partial charge in [-0.3, -0.25) is 4.79 Å². The van der Waals surface area contributed by atoms with Crippen LogP contribution in [-0.4, -0.2) is 50.6 Å². The van der Waals surface area contributed by atoms with Crippen LogP contribution in [0, 0.1) is 0 Å². The molecule has 5 heteroatoms. The Morgan fingerprint density at radius 3 is 2.68 bits per heavy atom. The monoisotopic (exact) mass is 337 g/mol. The summed E-state index contributed by atoms with van der Waals surface area (Å²) < 4.78 is 5.46. The first-order chi connectivity index (χ1) is 12.3. The lowest BCUT2D eigenvalue weighted by Crippen LogP contribution is -2.48. The molecule has 1 N–H and O–H groups in total. The number of nitrogens with one attached hydrogen (secondary N) is 1. The molecule has 0 aliphatic carbocycles. The Morgan fingerprint density at radius 2 is 1.88 bits per heavy atom. The van der Waals surface area contributed by atoms with Crippen molar-refractivity contribution in [1.29, 1.82) is 0 Å². The van der Waals surface area contributed by atoms with Gasteiger partial charge in [0.2, 0.25) is 0 Å². The standard InChI is InChI=1S/C20H23N3O2/c1-25-19-5-3-2-4-18(19)22-10-12-23(13-11-22)20(24)16-6-7-17-15(14-16)8-9-21-17/h2-7,14,21H,8-13H2,1H3. The zero-order chi connectivity index (χ0) is 17.2. The fourth-order valence-corrected chi connectivity index (χ4v) is 3.66. The van der Waals surface area contributed by atoms with Crippen LogP contribution >= 0.6 is 0 Å². The summed E-state index contributed by atoms with van der Waals surface area (Å²) in [6.07, 6.45) is 0.998. The third kappa shape index (κ3) is 3.02. The van der Waals surface area contributed by atoms with Crippen LogP contribution in [0.25, 0.3) is 0 Å². The fraction of sp³-hybridized carbons (Fsp3) is 0.350. The molecule has 1 saturated heterocycles. The molecule has 0 radical (unpaired) electrons. The van der Waals surface area contributed by atoms with E-state index in [4.69, 9.17) is 4.74 Å². The molecule has 25 heavy (non-hydrogen) atoms. The molecule has 2 aromatic rings. The van der Waals surface area contributed by atoms with E-state index < -0.39 is 0 Å². The number of hydrogen-bond acceptors (Lipinski definition) is 4. The van der Waals surface area contributed by atoms with Crippen molar-refractivity contribution in [3.8, 4) is 5.75 Å². The topological polar surface area (TPSA) is 44.8 Å². The van der Waals surface area contributed by atoms with Gasteiger partial charge in [0.05, 0.1) is 12.8 Å². The molecule has 130 valence electrons. The molecular weight excluding hydrogens is 314 g/mol. The summed E-state index contributed by atoms with van der Waals surface area (Å²) >= 11 is 0. The van der Waals surface area contributed by atoms with Gasteiger partial charge in [-0.25, -0.2) is 0 Å². The van der Waals surface area contributed by atoms with Gasteiger partial charge in [0.25, 0.3) is 5.91 Å². The Hall–Kier alpha value is -2.69. The van der Waals surface area contributed by atoms with E-state index in [1.165, 1.54) is 5.56 Å². The highest BCUT2D eigenvalue weighted by molar-refractivity contribution is 5.95. The number of amides is 1. The molecular formula is C20H23N3O2. The predicted molar refractivity (Wildman–Crippen MR) is 99.7 cm³/mol.